The van der Waals surface area contributed by atoms with E-state index in [1.807, 2.05) is 6.08 Å². The van der Waals surface area contributed by atoms with Crippen molar-refractivity contribution in [2.75, 3.05) is 0 Å². The molecule has 0 fully saturated rings. The van der Waals surface area contributed by atoms with Crippen LogP contribution in [0.4, 0.5) is 0 Å². The van der Waals surface area contributed by atoms with E-state index in [1.165, 1.54) is 0 Å². The van der Waals surface area contributed by atoms with Gasteiger partial charge in [0.25, 0.3) is 0 Å². The molecule has 0 aliphatic carbocycles. The first-order valence-electron chi connectivity index (χ1n) is 3.67. The predicted molar refractivity (Wildman–Crippen MR) is 43.9 cm³/mol. The fraction of sp³-hybridized carbons (Fsp3) is 0.444. The quantitative estimate of drug-likeness (QED) is 0.247. The number of hydrogen-bond acceptors (Lipinski definition) is 1. The summed E-state index contributed by atoms with van der Waals surface area (Å²) in [4.78, 5) is 9.79. The van der Waals surface area contributed by atoms with Crippen LogP contribution < -0.4 is 0 Å². The second kappa shape index (κ2) is 8.15. The van der Waals surface area contributed by atoms with Gasteiger partial charge in [-0.3, -0.25) is 4.79 Å². The molecule has 0 spiro atoms. The number of unbranched alkanes of at least 4 members (excludes halogenated alkanes) is 1. The SMILES string of the molecule is CC/C=C/CC/C=C/C=O. The van der Waals surface area contributed by atoms with E-state index >= 15 is 0 Å². The minimum absolute atomic E-state index is 0.809. The molecule has 56 valence electrons. The zero-order valence-electron chi connectivity index (χ0n) is 6.42. The zero-order chi connectivity index (χ0) is 7.66. The third-order valence-electron chi connectivity index (χ3n) is 1.12. The molecular formula is C9H14O. The monoisotopic (exact) mass is 138 g/mol. The van der Waals surface area contributed by atoms with Crippen molar-refractivity contribution in [3.05, 3.63) is 24.3 Å². The summed E-state index contributed by atoms with van der Waals surface area (Å²) in [5.41, 5.74) is 0. The van der Waals surface area contributed by atoms with E-state index in [2.05, 4.69) is 19.1 Å². The molecule has 1 nitrogen and oxygen atoms in total. The van der Waals surface area contributed by atoms with E-state index in [0.717, 1.165) is 25.5 Å². The molecule has 1 heteroatoms. The van der Waals surface area contributed by atoms with Crippen LogP contribution in [0.2, 0.25) is 0 Å². The van der Waals surface area contributed by atoms with Crippen molar-refractivity contribution in [3.63, 3.8) is 0 Å². The molecule has 0 aromatic heterocycles. The zero-order valence-corrected chi connectivity index (χ0v) is 6.42. The fourth-order valence-electron chi connectivity index (χ4n) is 0.629. The summed E-state index contributed by atoms with van der Waals surface area (Å²) in [6.45, 7) is 2.11. The Morgan fingerprint density at radius 1 is 1.10 bits per heavy atom. The lowest BCUT2D eigenvalue weighted by Gasteiger charge is -1.83. The first-order chi connectivity index (χ1) is 4.91. The van der Waals surface area contributed by atoms with E-state index in [9.17, 15) is 4.79 Å². The highest BCUT2D eigenvalue weighted by molar-refractivity contribution is 5.64. The van der Waals surface area contributed by atoms with Gasteiger partial charge < -0.3 is 0 Å². The first-order valence-corrected chi connectivity index (χ1v) is 3.67. The highest BCUT2D eigenvalue weighted by Crippen LogP contribution is 1.92. The van der Waals surface area contributed by atoms with Gasteiger partial charge in [0.05, 0.1) is 0 Å². The van der Waals surface area contributed by atoms with Gasteiger partial charge in [-0.15, -0.1) is 0 Å². The summed E-state index contributed by atoms with van der Waals surface area (Å²) in [5.74, 6) is 0. The van der Waals surface area contributed by atoms with Gasteiger partial charge in [-0.05, 0) is 25.3 Å². The minimum atomic E-state index is 0.809. The van der Waals surface area contributed by atoms with Gasteiger partial charge in [0.15, 0.2) is 0 Å². The Labute approximate surface area is 62.4 Å². The second-order valence-electron chi connectivity index (χ2n) is 2.02. The molecule has 0 bridgehead atoms. The van der Waals surface area contributed by atoms with Gasteiger partial charge in [-0.25, -0.2) is 0 Å². The van der Waals surface area contributed by atoms with Crippen LogP contribution in [0.3, 0.4) is 0 Å². The summed E-state index contributed by atoms with van der Waals surface area (Å²) in [6, 6.07) is 0. The summed E-state index contributed by atoms with van der Waals surface area (Å²) < 4.78 is 0. The van der Waals surface area contributed by atoms with Gasteiger partial charge in [0.1, 0.15) is 6.29 Å². The number of rotatable bonds is 5. The van der Waals surface area contributed by atoms with Gasteiger partial charge >= 0.3 is 0 Å². The standard InChI is InChI=1S/C9H14O/c1-2-3-4-5-6-7-8-9-10/h3-4,7-9H,2,5-6H2,1H3/b4-3+,8-7+. The highest BCUT2D eigenvalue weighted by Gasteiger charge is 1.73. The maximum Gasteiger partial charge on any atom is 0.142 e. The molecule has 0 aliphatic heterocycles. The van der Waals surface area contributed by atoms with Crippen LogP contribution in [0.5, 0.6) is 0 Å². The Bertz CT molecular complexity index is 123. The van der Waals surface area contributed by atoms with Crippen molar-refractivity contribution in [1.82, 2.24) is 0 Å². The van der Waals surface area contributed by atoms with Crippen LogP contribution >= 0.6 is 0 Å². The third-order valence-corrected chi connectivity index (χ3v) is 1.12. The molecule has 0 heterocycles. The molecule has 0 aromatic rings. The third kappa shape index (κ3) is 7.15. The van der Waals surface area contributed by atoms with Crippen LogP contribution in [0.1, 0.15) is 26.2 Å². The molecule has 0 saturated heterocycles. The number of carbonyl (C=O) groups is 1. The molecule has 0 N–H and O–H groups in total. The molecule has 10 heavy (non-hydrogen) atoms. The van der Waals surface area contributed by atoms with Crippen molar-refractivity contribution in [2.45, 2.75) is 26.2 Å². The lowest BCUT2D eigenvalue weighted by atomic mass is 10.2. The molecule has 0 aliphatic rings. The molecule has 0 saturated carbocycles. The van der Waals surface area contributed by atoms with E-state index in [0.29, 0.717) is 0 Å². The van der Waals surface area contributed by atoms with Crippen molar-refractivity contribution in [2.24, 2.45) is 0 Å². The number of aldehydes is 1. The molecule has 0 aromatic carbocycles. The first kappa shape index (κ1) is 9.15. The van der Waals surface area contributed by atoms with E-state index in [-0.39, 0.29) is 0 Å². The Hall–Kier alpha value is -0.850. The summed E-state index contributed by atoms with van der Waals surface area (Å²) in [5, 5.41) is 0. The van der Waals surface area contributed by atoms with Crippen molar-refractivity contribution in [3.8, 4) is 0 Å². The summed E-state index contributed by atoms with van der Waals surface area (Å²) in [6.07, 6.45) is 11.6. The summed E-state index contributed by atoms with van der Waals surface area (Å²) >= 11 is 0. The molecular weight excluding hydrogens is 124 g/mol. The average Bonchev–Trinajstić information content (AvgIpc) is 1.97. The van der Waals surface area contributed by atoms with Gasteiger partial charge in [-0.1, -0.05) is 25.2 Å². The van der Waals surface area contributed by atoms with Crippen molar-refractivity contribution in [1.29, 1.82) is 0 Å². The Kier molecular flexibility index (Phi) is 7.46. The molecule has 0 radical (unpaired) electrons. The highest BCUT2D eigenvalue weighted by atomic mass is 16.1. The van der Waals surface area contributed by atoms with Crippen LogP contribution in [-0.2, 0) is 4.79 Å². The largest absolute Gasteiger partial charge is 0.299 e. The van der Waals surface area contributed by atoms with Crippen LogP contribution in [0, 0.1) is 0 Å². The van der Waals surface area contributed by atoms with E-state index in [1.54, 1.807) is 6.08 Å². The summed E-state index contributed by atoms with van der Waals surface area (Å²) in [7, 11) is 0. The van der Waals surface area contributed by atoms with Gasteiger partial charge in [-0.2, -0.15) is 0 Å². The Balaban J connectivity index is 3.11. The number of carbonyl (C=O) groups excluding carboxylic acids is 1. The van der Waals surface area contributed by atoms with Crippen LogP contribution in [0.25, 0.3) is 0 Å². The molecule has 0 amide bonds. The lowest BCUT2D eigenvalue weighted by molar-refractivity contribution is -0.104. The maximum atomic E-state index is 9.79. The van der Waals surface area contributed by atoms with Crippen molar-refractivity contribution >= 4 is 6.29 Å². The predicted octanol–water partition coefficient (Wildman–Crippen LogP) is 2.49. The smallest absolute Gasteiger partial charge is 0.142 e. The lowest BCUT2D eigenvalue weighted by Crippen LogP contribution is -1.65. The van der Waals surface area contributed by atoms with Gasteiger partial charge in [0.2, 0.25) is 0 Å². The Morgan fingerprint density at radius 3 is 2.40 bits per heavy atom. The fourth-order valence-corrected chi connectivity index (χ4v) is 0.629. The normalized spacial score (nSPS) is 11.3. The maximum absolute atomic E-state index is 9.79. The topological polar surface area (TPSA) is 17.1 Å². The van der Waals surface area contributed by atoms with E-state index < -0.39 is 0 Å². The molecule has 0 rings (SSSR count). The second-order valence-corrected chi connectivity index (χ2v) is 2.02. The Morgan fingerprint density at radius 2 is 1.80 bits per heavy atom. The molecule has 0 unspecified atom stereocenters. The molecule has 0 atom stereocenters. The number of hydrogen-bond donors (Lipinski definition) is 0. The number of allylic oxidation sites excluding steroid dienone is 4. The van der Waals surface area contributed by atoms with Crippen molar-refractivity contribution < 1.29 is 4.79 Å². The van der Waals surface area contributed by atoms with Crippen LogP contribution in [-0.4, -0.2) is 6.29 Å². The van der Waals surface area contributed by atoms with Gasteiger partial charge in [0, 0.05) is 0 Å². The van der Waals surface area contributed by atoms with Crippen LogP contribution in [0.15, 0.2) is 24.3 Å². The average molecular weight is 138 g/mol. The minimum Gasteiger partial charge on any atom is -0.299 e. The van der Waals surface area contributed by atoms with E-state index in [4.69, 9.17) is 0 Å².